The van der Waals surface area contributed by atoms with E-state index in [1.165, 1.54) is 44.9 Å². The van der Waals surface area contributed by atoms with Gasteiger partial charge in [-0.2, -0.15) is 0 Å². The average molecular weight is 810 g/mol. The Labute approximate surface area is 363 Å². The average Bonchev–Trinajstić information content (AvgIpc) is 3.24. The molecule has 4 nitrogen and oxygen atoms in total. The van der Waals surface area contributed by atoms with Crippen molar-refractivity contribution in [2.45, 2.75) is 187 Å². The van der Waals surface area contributed by atoms with Crippen molar-refractivity contribution < 1.29 is 15.0 Å². The Bertz CT molecular complexity index is 1280. The van der Waals surface area contributed by atoms with Crippen LogP contribution in [0.3, 0.4) is 0 Å². The van der Waals surface area contributed by atoms with Gasteiger partial charge in [-0.15, -0.1) is 0 Å². The Hall–Kier alpha value is -3.73. The molecule has 0 aromatic rings. The first-order chi connectivity index (χ1) is 29.2. The van der Waals surface area contributed by atoms with Gasteiger partial charge in [0.25, 0.3) is 0 Å². The minimum atomic E-state index is -0.862. The summed E-state index contributed by atoms with van der Waals surface area (Å²) in [6, 6.07) is -0.649. The minimum Gasteiger partial charge on any atom is -0.394 e. The molecule has 0 aromatic carbocycles. The van der Waals surface area contributed by atoms with Crippen molar-refractivity contribution in [3.05, 3.63) is 146 Å². The summed E-state index contributed by atoms with van der Waals surface area (Å²) in [5.41, 5.74) is 0. The Balaban J connectivity index is 3.75. The molecule has 0 heterocycles. The zero-order chi connectivity index (χ0) is 42.8. The fourth-order valence-corrected chi connectivity index (χ4v) is 6.00. The summed E-state index contributed by atoms with van der Waals surface area (Å²) >= 11 is 0. The molecule has 3 N–H and O–H groups in total. The summed E-state index contributed by atoms with van der Waals surface area (Å²) in [5, 5.41) is 22.9. The molecule has 0 saturated heterocycles. The van der Waals surface area contributed by atoms with Crippen molar-refractivity contribution in [2.75, 3.05) is 6.61 Å². The van der Waals surface area contributed by atoms with Gasteiger partial charge in [0.1, 0.15) is 0 Å². The number of aliphatic hydroxyl groups excluding tert-OH is 2. The monoisotopic (exact) mass is 810 g/mol. The van der Waals surface area contributed by atoms with Crippen LogP contribution in [0.2, 0.25) is 0 Å². The van der Waals surface area contributed by atoms with Crippen molar-refractivity contribution in [3.8, 4) is 0 Å². The van der Waals surface area contributed by atoms with E-state index in [1.54, 1.807) is 6.08 Å². The van der Waals surface area contributed by atoms with Gasteiger partial charge in [-0.05, 0) is 103 Å². The lowest BCUT2D eigenvalue weighted by Crippen LogP contribution is -2.45. The summed E-state index contributed by atoms with van der Waals surface area (Å²) in [5.74, 6) is -0.106. The number of hydrogen-bond acceptors (Lipinski definition) is 3. The summed E-state index contributed by atoms with van der Waals surface area (Å²) < 4.78 is 0. The number of aliphatic hydroxyl groups is 2. The topological polar surface area (TPSA) is 69.6 Å². The minimum absolute atomic E-state index is 0.106. The van der Waals surface area contributed by atoms with Gasteiger partial charge in [0, 0.05) is 6.42 Å². The fourth-order valence-electron chi connectivity index (χ4n) is 6.00. The summed E-state index contributed by atoms with van der Waals surface area (Å²) in [7, 11) is 0. The van der Waals surface area contributed by atoms with E-state index in [9.17, 15) is 15.0 Å². The van der Waals surface area contributed by atoms with Gasteiger partial charge in [0.2, 0.25) is 5.91 Å². The van der Waals surface area contributed by atoms with Gasteiger partial charge in [-0.1, -0.05) is 211 Å². The molecule has 0 rings (SSSR count). The van der Waals surface area contributed by atoms with Gasteiger partial charge in [-0.25, -0.2) is 0 Å². The van der Waals surface area contributed by atoms with Crippen molar-refractivity contribution in [3.63, 3.8) is 0 Å². The zero-order valence-corrected chi connectivity index (χ0v) is 37.7. The SMILES string of the molecule is CC/C=C\C/C=C\C/C=C\C/C=C\C/C=C\C/C=C\C/C=C\C/C=C\C/C=C\C/C=C\C/C=C\CCCCCC(=O)NC(CO)C(O)/C=C/CCCCCCCCCC. The Morgan fingerprint density at radius 3 is 1.12 bits per heavy atom. The van der Waals surface area contributed by atoms with Gasteiger partial charge < -0.3 is 15.5 Å². The molecule has 0 saturated carbocycles. The van der Waals surface area contributed by atoms with Crippen molar-refractivity contribution in [1.82, 2.24) is 5.32 Å². The highest BCUT2D eigenvalue weighted by atomic mass is 16.3. The number of allylic oxidation sites excluding steroid dienone is 23. The second-order valence-electron chi connectivity index (χ2n) is 15.1. The van der Waals surface area contributed by atoms with E-state index in [1.807, 2.05) is 6.08 Å². The second-order valence-corrected chi connectivity index (χ2v) is 15.1. The largest absolute Gasteiger partial charge is 0.394 e. The predicted molar refractivity (Wildman–Crippen MR) is 261 cm³/mol. The van der Waals surface area contributed by atoms with E-state index in [2.05, 4.69) is 153 Å². The molecule has 0 aliphatic carbocycles. The first-order valence-electron chi connectivity index (χ1n) is 23.5. The lowest BCUT2D eigenvalue weighted by Gasteiger charge is -2.19. The molecule has 0 aromatic heterocycles. The maximum atomic E-state index is 12.3. The molecule has 0 radical (unpaired) electrons. The van der Waals surface area contributed by atoms with E-state index in [0.29, 0.717) is 6.42 Å². The van der Waals surface area contributed by atoms with Crippen LogP contribution >= 0.6 is 0 Å². The molecule has 2 atom stereocenters. The zero-order valence-electron chi connectivity index (χ0n) is 37.7. The van der Waals surface area contributed by atoms with Crippen LogP contribution in [0.15, 0.2) is 146 Å². The third kappa shape index (κ3) is 45.2. The lowest BCUT2D eigenvalue weighted by atomic mass is 10.1. The first-order valence-corrected chi connectivity index (χ1v) is 23.5. The van der Waals surface area contributed by atoms with Crippen molar-refractivity contribution in [1.29, 1.82) is 0 Å². The highest BCUT2D eigenvalue weighted by molar-refractivity contribution is 5.76. The molecule has 330 valence electrons. The molecule has 59 heavy (non-hydrogen) atoms. The Morgan fingerprint density at radius 1 is 0.424 bits per heavy atom. The normalized spacial score (nSPS) is 14.3. The molecule has 0 spiro atoms. The Kier molecular flexibility index (Phi) is 45.6. The van der Waals surface area contributed by atoms with Crippen LogP contribution in [0.4, 0.5) is 0 Å². The van der Waals surface area contributed by atoms with Crippen LogP contribution in [0, 0.1) is 0 Å². The van der Waals surface area contributed by atoms with Crippen LogP contribution in [-0.2, 0) is 4.79 Å². The van der Waals surface area contributed by atoms with E-state index in [-0.39, 0.29) is 12.5 Å². The number of nitrogens with one attached hydrogen (secondary N) is 1. The first kappa shape index (κ1) is 55.3. The number of amides is 1. The third-order valence-electron chi connectivity index (χ3n) is 9.58. The molecule has 1 amide bonds. The molecule has 0 fully saturated rings. The quantitative estimate of drug-likeness (QED) is 0.0426. The molecule has 0 aliphatic heterocycles. The third-order valence-corrected chi connectivity index (χ3v) is 9.58. The van der Waals surface area contributed by atoms with E-state index in [4.69, 9.17) is 0 Å². The van der Waals surface area contributed by atoms with Gasteiger partial charge in [0.15, 0.2) is 0 Å². The molecule has 4 heteroatoms. The summed E-state index contributed by atoms with van der Waals surface area (Å²) in [4.78, 5) is 12.3. The standard InChI is InChI=1S/C55H87NO3/c1-3-5-7-9-11-13-15-16-17-18-19-20-21-22-23-24-25-26-27-28-29-30-31-32-33-34-35-36-37-38-39-40-41-43-45-47-49-51-55(59)56-53(52-57)54(58)50-48-46-44-42-14-12-10-8-6-4-2/h5,7,11,13,16-17,19-20,22-23,25-26,28-29,31-32,34-35,37-38,40-41,48,50,53-54,57-58H,3-4,6,8-10,12,14-15,18,21,24,27,30,33,36,39,42-47,49,51-52H2,1-2H3,(H,56,59)/b7-5-,13-11-,17-16-,20-19-,23-22-,26-25-,29-28-,32-31-,35-34-,38-37-,41-40-,50-48+. The molecule has 2 unspecified atom stereocenters. The smallest absolute Gasteiger partial charge is 0.220 e. The molecular formula is C55H87NO3. The second kappa shape index (κ2) is 48.6. The van der Waals surface area contributed by atoms with Crippen LogP contribution < -0.4 is 5.32 Å². The number of rotatable bonds is 40. The molecule has 0 aliphatic rings. The van der Waals surface area contributed by atoms with Gasteiger partial charge >= 0.3 is 0 Å². The number of hydrogen-bond donors (Lipinski definition) is 3. The van der Waals surface area contributed by atoms with E-state index < -0.39 is 12.1 Å². The molecule has 0 bridgehead atoms. The van der Waals surface area contributed by atoms with Crippen LogP contribution in [-0.4, -0.2) is 34.9 Å². The van der Waals surface area contributed by atoms with Crippen molar-refractivity contribution in [2.24, 2.45) is 0 Å². The van der Waals surface area contributed by atoms with Crippen LogP contribution in [0.5, 0.6) is 0 Å². The molecular weight excluding hydrogens is 723 g/mol. The van der Waals surface area contributed by atoms with Crippen LogP contribution in [0.1, 0.15) is 174 Å². The number of carbonyl (C=O) groups is 1. The number of unbranched alkanes of at least 4 members (excludes halogenated alkanes) is 11. The van der Waals surface area contributed by atoms with Gasteiger partial charge in [0.05, 0.1) is 18.8 Å². The highest BCUT2D eigenvalue weighted by Crippen LogP contribution is 2.11. The highest BCUT2D eigenvalue weighted by Gasteiger charge is 2.17. The van der Waals surface area contributed by atoms with E-state index in [0.717, 1.165) is 109 Å². The maximum Gasteiger partial charge on any atom is 0.220 e. The summed E-state index contributed by atoms with van der Waals surface area (Å²) in [6.07, 6.45) is 78.2. The van der Waals surface area contributed by atoms with Crippen LogP contribution in [0.25, 0.3) is 0 Å². The Morgan fingerprint density at radius 2 is 0.746 bits per heavy atom. The number of carbonyl (C=O) groups excluding carboxylic acids is 1. The summed E-state index contributed by atoms with van der Waals surface area (Å²) in [6.45, 7) is 4.13. The lowest BCUT2D eigenvalue weighted by molar-refractivity contribution is -0.123. The van der Waals surface area contributed by atoms with Gasteiger partial charge in [-0.3, -0.25) is 4.79 Å². The van der Waals surface area contributed by atoms with E-state index >= 15 is 0 Å². The predicted octanol–water partition coefficient (Wildman–Crippen LogP) is 15.3. The van der Waals surface area contributed by atoms with Crippen molar-refractivity contribution >= 4 is 5.91 Å². The fraction of sp³-hybridized carbons (Fsp3) is 0.545. The maximum absolute atomic E-state index is 12.3.